The van der Waals surface area contributed by atoms with Crippen LogP contribution in [0.3, 0.4) is 0 Å². The van der Waals surface area contributed by atoms with Gasteiger partial charge in [0.2, 0.25) is 0 Å². The lowest BCUT2D eigenvalue weighted by atomic mass is 10.1. The molecule has 0 amide bonds. The van der Waals surface area contributed by atoms with Gasteiger partial charge >= 0.3 is 11.9 Å². The normalized spacial score (nSPS) is 11.7. The van der Waals surface area contributed by atoms with Crippen LogP contribution in [0.4, 0.5) is 0 Å². The molecule has 0 fully saturated rings. The number of fused-ring (bicyclic) bond motifs is 1. The van der Waals surface area contributed by atoms with Crippen molar-refractivity contribution in [3.8, 4) is 23.0 Å². The van der Waals surface area contributed by atoms with Crippen LogP contribution in [-0.4, -0.2) is 25.2 Å². The second kappa shape index (κ2) is 13.3. The smallest absolute Gasteiger partial charge is 0.331 e. The zero-order valence-corrected chi connectivity index (χ0v) is 23.1. The van der Waals surface area contributed by atoms with E-state index in [2.05, 4.69) is 0 Å². The molecule has 40 heavy (non-hydrogen) atoms. The fourth-order valence-electron chi connectivity index (χ4n) is 4.14. The number of ether oxygens (including phenoxy) is 4. The molecular formula is C34H32O6. The Morgan fingerprint density at radius 2 is 0.950 bits per heavy atom. The van der Waals surface area contributed by atoms with Crippen LogP contribution in [0, 0.1) is 0 Å². The van der Waals surface area contributed by atoms with Crippen LogP contribution in [0.5, 0.6) is 23.0 Å². The summed E-state index contributed by atoms with van der Waals surface area (Å²) in [5.74, 6) is 2.04. The summed E-state index contributed by atoms with van der Waals surface area (Å²) < 4.78 is 22.4. The Morgan fingerprint density at radius 3 is 1.30 bits per heavy atom. The van der Waals surface area contributed by atoms with Gasteiger partial charge in [-0.3, -0.25) is 0 Å². The van der Waals surface area contributed by atoms with Gasteiger partial charge in [-0.05, 0) is 86.4 Å². The number of allylic oxidation sites excluding steroid dienone is 2. The van der Waals surface area contributed by atoms with Gasteiger partial charge in [0.25, 0.3) is 0 Å². The van der Waals surface area contributed by atoms with Gasteiger partial charge in [0.15, 0.2) is 0 Å². The molecule has 0 bridgehead atoms. The molecule has 0 aliphatic heterocycles. The molecule has 6 nitrogen and oxygen atoms in total. The van der Waals surface area contributed by atoms with Gasteiger partial charge in [-0.2, -0.15) is 0 Å². The van der Waals surface area contributed by atoms with E-state index in [1.807, 2.05) is 98.8 Å². The first-order chi connectivity index (χ1) is 19.4. The largest absolute Gasteiger partial charge is 0.463 e. The molecule has 0 atom stereocenters. The highest BCUT2D eigenvalue weighted by molar-refractivity contribution is 5.94. The van der Waals surface area contributed by atoms with Crippen molar-refractivity contribution in [3.05, 3.63) is 108 Å². The second-order valence-electron chi connectivity index (χ2n) is 9.02. The van der Waals surface area contributed by atoms with E-state index in [1.165, 1.54) is 12.2 Å². The molecule has 204 valence electrons. The molecule has 0 saturated heterocycles. The first-order valence-electron chi connectivity index (χ1n) is 13.2. The molecule has 0 aliphatic rings. The summed E-state index contributed by atoms with van der Waals surface area (Å²) in [5.41, 5.74) is 3.45. The summed E-state index contributed by atoms with van der Waals surface area (Å²) in [6.07, 6.45) is 2.97. The van der Waals surface area contributed by atoms with E-state index >= 15 is 0 Å². The van der Waals surface area contributed by atoms with Gasteiger partial charge in [-0.1, -0.05) is 48.5 Å². The molecule has 4 rings (SSSR count). The predicted molar refractivity (Wildman–Crippen MR) is 158 cm³/mol. The maximum atomic E-state index is 11.7. The summed E-state index contributed by atoms with van der Waals surface area (Å²) in [6, 6.07) is 26.8. The average molecular weight is 537 g/mol. The third-order valence-corrected chi connectivity index (χ3v) is 6.16. The van der Waals surface area contributed by atoms with Crippen molar-refractivity contribution in [1.82, 2.24) is 0 Å². The maximum absolute atomic E-state index is 11.7. The van der Waals surface area contributed by atoms with Crippen molar-refractivity contribution in [1.29, 1.82) is 0 Å². The average Bonchev–Trinajstić information content (AvgIpc) is 2.94. The molecule has 0 unspecified atom stereocenters. The summed E-state index contributed by atoms with van der Waals surface area (Å²) in [6.45, 7) is 7.98. The molecule has 0 N–H and O–H groups in total. The summed E-state index contributed by atoms with van der Waals surface area (Å²) in [4.78, 5) is 23.5. The number of carbonyl (C=O) groups is 2. The molecule has 4 aromatic carbocycles. The number of hydrogen-bond acceptors (Lipinski definition) is 6. The van der Waals surface area contributed by atoms with Crippen molar-refractivity contribution < 1.29 is 28.5 Å². The van der Waals surface area contributed by atoms with E-state index < -0.39 is 0 Å². The number of rotatable bonds is 10. The van der Waals surface area contributed by atoms with Crippen molar-refractivity contribution in [2.75, 3.05) is 13.2 Å². The van der Waals surface area contributed by atoms with Gasteiger partial charge < -0.3 is 18.9 Å². The van der Waals surface area contributed by atoms with Crippen LogP contribution < -0.4 is 9.47 Å². The van der Waals surface area contributed by atoms with E-state index in [0.29, 0.717) is 36.2 Å². The van der Waals surface area contributed by atoms with Crippen LogP contribution in [0.15, 0.2) is 97.1 Å². The van der Waals surface area contributed by atoms with E-state index in [-0.39, 0.29) is 11.9 Å². The van der Waals surface area contributed by atoms with Gasteiger partial charge in [-0.25, -0.2) is 9.59 Å². The maximum Gasteiger partial charge on any atom is 0.331 e. The van der Waals surface area contributed by atoms with E-state index in [0.717, 1.165) is 33.0 Å². The quantitative estimate of drug-likeness (QED) is 0.150. The van der Waals surface area contributed by atoms with Gasteiger partial charge in [0, 0.05) is 22.9 Å². The third kappa shape index (κ3) is 7.17. The van der Waals surface area contributed by atoms with Crippen molar-refractivity contribution >= 4 is 33.9 Å². The Hall–Kier alpha value is -4.84. The number of hydrogen-bond donors (Lipinski definition) is 0. The fourth-order valence-corrected chi connectivity index (χ4v) is 4.14. The highest BCUT2D eigenvalue weighted by atomic mass is 16.5. The standard InChI is InChI=1S/C34H32O6/c1-5-37-33(35)21-23(3)25-13-17-27(18-14-25)39-31-11-7-10-30-29(31)9-8-12-32(30)40-28-19-15-26(16-20-28)24(4)22-34(36)38-6-2/h7-22H,5-6H2,1-4H3/b23-21-,24-22+. The lowest BCUT2D eigenvalue weighted by Gasteiger charge is -2.13. The Morgan fingerprint density at radius 1 is 0.575 bits per heavy atom. The van der Waals surface area contributed by atoms with Gasteiger partial charge in [0.1, 0.15) is 23.0 Å². The van der Waals surface area contributed by atoms with Crippen LogP contribution in [0.1, 0.15) is 38.8 Å². The Bertz CT molecular complexity index is 1430. The predicted octanol–water partition coefficient (Wildman–Crippen LogP) is 8.36. The second-order valence-corrected chi connectivity index (χ2v) is 9.02. The van der Waals surface area contributed by atoms with Gasteiger partial charge in [-0.15, -0.1) is 0 Å². The molecule has 0 heterocycles. The zero-order chi connectivity index (χ0) is 28.5. The minimum atomic E-state index is -0.356. The minimum Gasteiger partial charge on any atom is -0.463 e. The first kappa shape index (κ1) is 28.2. The molecule has 0 aliphatic carbocycles. The highest BCUT2D eigenvalue weighted by Gasteiger charge is 2.10. The Kier molecular flexibility index (Phi) is 9.36. The monoisotopic (exact) mass is 536 g/mol. The molecule has 4 aromatic rings. The van der Waals surface area contributed by atoms with Gasteiger partial charge in [0.05, 0.1) is 13.2 Å². The Balaban J connectivity index is 1.51. The molecular weight excluding hydrogens is 504 g/mol. The number of esters is 2. The number of carbonyl (C=O) groups excluding carboxylic acids is 2. The lowest BCUT2D eigenvalue weighted by Crippen LogP contribution is -2.00. The summed E-state index contributed by atoms with van der Waals surface area (Å²) >= 11 is 0. The molecule has 0 aromatic heterocycles. The minimum absolute atomic E-state index is 0.343. The van der Waals surface area contributed by atoms with Crippen LogP contribution in [0.2, 0.25) is 0 Å². The topological polar surface area (TPSA) is 71.1 Å². The molecule has 0 radical (unpaired) electrons. The van der Waals surface area contributed by atoms with E-state index in [1.54, 1.807) is 13.8 Å². The SMILES string of the molecule is CCOC(=O)/C=C(/C)c1ccc(Oc2cccc3c(Oc4ccc(/C(C)=C/C(=O)OCC)cc4)cccc23)cc1. The summed E-state index contributed by atoms with van der Waals surface area (Å²) in [5, 5.41) is 1.82. The van der Waals surface area contributed by atoms with E-state index in [4.69, 9.17) is 18.9 Å². The van der Waals surface area contributed by atoms with Crippen LogP contribution in [-0.2, 0) is 19.1 Å². The van der Waals surface area contributed by atoms with E-state index in [9.17, 15) is 9.59 Å². The lowest BCUT2D eigenvalue weighted by molar-refractivity contribution is -0.138. The van der Waals surface area contributed by atoms with Crippen LogP contribution >= 0.6 is 0 Å². The third-order valence-electron chi connectivity index (χ3n) is 6.16. The Labute approximate surface area is 234 Å². The van der Waals surface area contributed by atoms with Crippen molar-refractivity contribution in [2.45, 2.75) is 27.7 Å². The molecule has 0 spiro atoms. The first-order valence-corrected chi connectivity index (χ1v) is 13.2. The summed E-state index contributed by atoms with van der Waals surface area (Å²) in [7, 11) is 0. The molecule has 0 saturated carbocycles. The number of benzene rings is 4. The van der Waals surface area contributed by atoms with Crippen LogP contribution in [0.25, 0.3) is 21.9 Å². The highest BCUT2D eigenvalue weighted by Crippen LogP contribution is 2.37. The van der Waals surface area contributed by atoms with Crippen molar-refractivity contribution in [3.63, 3.8) is 0 Å². The zero-order valence-electron chi connectivity index (χ0n) is 23.1. The van der Waals surface area contributed by atoms with Crippen molar-refractivity contribution in [2.24, 2.45) is 0 Å². The molecule has 6 heteroatoms. The fraction of sp³-hybridized carbons (Fsp3) is 0.176.